The predicted octanol–water partition coefficient (Wildman–Crippen LogP) is 4.70. The lowest BCUT2D eigenvalue weighted by Crippen LogP contribution is -2.33. The van der Waals surface area contributed by atoms with Gasteiger partial charge in [-0.15, -0.1) is 0 Å². The van der Waals surface area contributed by atoms with Crippen LogP contribution in [-0.4, -0.2) is 27.0 Å². The molecule has 0 radical (unpaired) electrons. The molecule has 6 heteroatoms. The third kappa shape index (κ3) is 4.69. The number of fused-ring (bicyclic) bond motifs is 1. The van der Waals surface area contributed by atoms with Gasteiger partial charge in [0.05, 0.1) is 11.0 Å². The molecule has 0 fully saturated rings. The van der Waals surface area contributed by atoms with Gasteiger partial charge >= 0.3 is 0 Å². The molecule has 1 N–H and O–H groups in total. The Morgan fingerprint density at radius 2 is 1.84 bits per heavy atom. The summed E-state index contributed by atoms with van der Waals surface area (Å²) in [7, 11) is 0. The Morgan fingerprint density at radius 3 is 2.56 bits per heavy atom. The summed E-state index contributed by atoms with van der Waals surface area (Å²) in [6.45, 7) is 6.52. The first kappa shape index (κ1) is 21.7. The molecule has 2 aromatic heterocycles. The maximum Gasteiger partial charge on any atom is 0.242 e. The zero-order chi connectivity index (χ0) is 22.7. The van der Waals surface area contributed by atoms with Gasteiger partial charge in [0, 0.05) is 31.3 Å². The second-order valence-corrected chi connectivity index (χ2v) is 8.16. The van der Waals surface area contributed by atoms with Gasteiger partial charge in [-0.1, -0.05) is 18.2 Å². The van der Waals surface area contributed by atoms with Gasteiger partial charge in [-0.25, -0.2) is 9.37 Å². The minimum Gasteiger partial charge on any atom is -0.354 e. The number of nitrogens with zero attached hydrogens (tertiary/aromatic N) is 3. The summed E-state index contributed by atoms with van der Waals surface area (Å²) >= 11 is 0. The zero-order valence-corrected chi connectivity index (χ0v) is 18.6. The van der Waals surface area contributed by atoms with Crippen LogP contribution in [0.3, 0.4) is 0 Å². The van der Waals surface area contributed by atoms with Gasteiger partial charge in [0.2, 0.25) is 5.91 Å². The molecule has 2 heterocycles. The molecule has 164 valence electrons. The lowest BCUT2D eigenvalue weighted by molar-refractivity contribution is -0.123. The molecule has 0 spiro atoms. The Bertz CT molecular complexity index is 1230. The third-order valence-electron chi connectivity index (χ3n) is 5.83. The molecule has 0 saturated heterocycles. The summed E-state index contributed by atoms with van der Waals surface area (Å²) in [6, 6.07) is 15.9. The van der Waals surface area contributed by atoms with E-state index in [1.165, 1.54) is 12.1 Å². The van der Waals surface area contributed by atoms with Gasteiger partial charge in [0.15, 0.2) is 0 Å². The largest absolute Gasteiger partial charge is 0.354 e. The smallest absolute Gasteiger partial charge is 0.242 e. The maximum absolute atomic E-state index is 13.4. The highest BCUT2D eigenvalue weighted by Gasteiger charge is 2.22. The SMILES string of the molecule is Cc1cc2nc(Cc3ccc(F)cc3)n([C@H](C)C(=O)NCCc3ccccn3)c2cc1C. The normalized spacial score (nSPS) is 12.1. The minimum absolute atomic E-state index is 0.0705. The second-order valence-electron chi connectivity index (χ2n) is 8.16. The molecule has 0 aliphatic carbocycles. The summed E-state index contributed by atoms with van der Waals surface area (Å²) in [4.78, 5) is 22.2. The Kier molecular flexibility index (Phi) is 6.30. The number of imidazole rings is 1. The minimum atomic E-state index is -0.443. The predicted molar refractivity (Wildman–Crippen MR) is 124 cm³/mol. The molecule has 0 unspecified atom stereocenters. The van der Waals surface area contributed by atoms with Crippen LogP contribution >= 0.6 is 0 Å². The van der Waals surface area contributed by atoms with Crippen molar-refractivity contribution in [3.05, 3.63) is 94.8 Å². The van der Waals surface area contributed by atoms with Gasteiger partial charge in [-0.05, 0) is 73.9 Å². The highest BCUT2D eigenvalue weighted by Crippen LogP contribution is 2.26. The Morgan fingerprint density at radius 1 is 1.09 bits per heavy atom. The van der Waals surface area contributed by atoms with Crippen molar-refractivity contribution in [1.29, 1.82) is 0 Å². The average Bonchev–Trinajstić information content (AvgIpc) is 3.12. The van der Waals surface area contributed by atoms with E-state index in [1.54, 1.807) is 18.3 Å². The number of aryl methyl sites for hydroxylation is 2. The van der Waals surface area contributed by atoms with E-state index in [2.05, 4.69) is 36.3 Å². The number of pyridine rings is 1. The van der Waals surface area contributed by atoms with Gasteiger partial charge < -0.3 is 9.88 Å². The van der Waals surface area contributed by atoms with Crippen molar-refractivity contribution < 1.29 is 9.18 Å². The maximum atomic E-state index is 13.4. The van der Waals surface area contributed by atoms with Crippen LogP contribution in [0.15, 0.2) is 60.8 Å². The number of aromatic nitrogens is 3. The summed E-state index contributed by atoms with van der Waals surface area (Å²) in [5, 5.41) is 3.03. The lowest BCUT2D eigenvalue weighted by atomic mass is 10.1. The molecular weight excluding hydrogens is 403 g/mol. The van der Waals surface area contributed by atoms with Gasteiger partial charge in [-0.3, -0.25) is 9.78 Å². The van der Waals surface area contributed by atoms with Crippen LogP contribution in [-0.2, 0) is 17.6 Å². The van der Waals surface area contributed by atoms with Crippen molar-refractivity contribution in [1.82, 2.24) is 19.9 Å². The first-order valence-corrected chi connectivity index (χ1v) is 10.8. The van der Waals surface area contributed by atoms with Crippen LogP contribution in [0.2, 0.25) is 0 Å². The summed E-state index contributed by atoms with van der Waals surface area (Å²) in [6.07, 6.45) is 2.94. The quantitative estimate of drug-likeness (QED) is 0.462. The van der Waals surface area contributed by atoms with E-state index in [9.17, 15) is 9.18 Å². The average molecular weight is 431 g/mol. The fourth-order valence-corrected chi connectivity index (χ4v) is 3.87. The van der Waals surface area contributed by atoms with Crippen LogP contribution < -0.4 is 5.32 Å². The van der Waals surface area contributed by atoms with Crippen LogP contribution in [0.25, 0.3) is 11.0 Å². The van der Waals surface area contributed by atoms with Gasteiger partial charge in [-0.2, -0.15) is 0 Å². The van der Waals surface area contributed by atoms with E-state index >= 15 is 0 Å². The van der Waals surface area contributed by atoms with Crippen LogP contribution in [0, 0.1) is 19.7 Å². The Balaban J connectivity index is 1.61. The first-order chi connectivity index (χ1) is 15.4. The molecule has 2 aromatic carbocycles. The fraction of sp³-hybridized carbons (Fsp3) is 0.269. The molecule has 0 aliphatic rings. The molecule has 5 nitrogen and oxygen atoms in total. The number of amides is 1. The van der Waals surface area contributed by atoms with Gasteiger partial charge in [0.25, 0.3) is 0 Å². The molecule has 1 atom stereocenters. The van der Waals surface area contributed by atoms with E-state index in [0.717, 1.165) is 39.2 Å². The van der Waals surface area contributed by atoms with E-state index in [-0.39, 0.29) is 11.7 Å². The first-order valence-electron chi connectivity index (χ1n) is 10.8. The molecule has 0 aliphatic heterocycles. The Hall–Kier alpha value is -3.54. The molecule has 1 amide bonds. The Labute approximate surface area is 187 Å². The molecule has 0 bridgehead atoms. The molecule has 4 aromatic rings. The highest BCUT2D eigenvalue weighted by atomic mass is 19.1. The van der Waals surface area contributed by atoms with Crippen molar-refractivity contribution >= 4 is 16.9 Å². The summed E-state index contributed by atoms with van der Waals surface area (Å²) < 4.78 is 15.4. The van der Waals surface area contributed by atoms with Crippen molar-refractivity contribution in [3.63, 3.8) is 0 Å². The van der Waals surface area contributed by atoms with E-state index in [4.69, 9.17) is 4.98 Å². The number of hydrogen-bond acceptors (Lipinski definition) is 3. The number of benzene rings is 2. The monoisotopic (exact) mass is 430 g/mol. The zero-order valence-electron chi connectivity index (χ0n) is 18.6. The van der Waals surface area contributed by atoms with Crippen molar-refractivity contribution in [3.8, 4) is 0 Å². The number of carbonyl (C=O) groups is 1. The molecular formula is C26H27FN4O. The summed E-state index contributed by atoms with van der Waals surface area (Å²) in [5.74, 6) is 0.442. The highest BCUT2D eigenvalue weighted by molar-refractivity contribution is 5.85. The number of hydrogen-bond donors (Lipinski definition) is 1. The molecule has 0 saturated carbocycles. The van der Waals surface area contributed by atoms with Crippen LogP contribution in [0.1, 0.15) is 41.2 Å². The van der Waals surface area contributed by atoms with Crippen molar-refractivity contribution in [2.75, 3.05) is 6.54 Å². The standard InChI is InChI=1S/C26H27FN4O/c1-17-14-23-24(15-18(17)2)31(25(30-23)16-20-7-9-21(27)10-8-20)19(3)26(32)29-13-11-22-6-4-5-12-28-22/h4-10,12,14-15,19H,11,13,16H2,1-3H3,(H,29,32)/t19-/m1/s1. The number of carbonyl (C=O) groups excluding carboxylic acids is 1. The second kappa shape index (κ2) is 9.30. The van der Waals surface area contributed by atoms with E-state index < -0.39 is 6.04 Å². The third-order valence-corrected chi connectivity index (χ3v) is 5.83. The number of rotatable bonds is 7. The van der Waals surface area contributed by atoms with Crippen LogP contribution in [0.4, 0.5) is 4.39 Å². The topological polar surface area (TPSA) is 59.8 Å². The van der Waals surface area contributed by atoms with E-state index in [0.29, 0.717) is 19.4 Å². The van der Waals surface area contributed by atoms with Crippen molar-refractivity contribution in [2.24, 2.45) is 0 Å². The number of halogens is 1. The summed E-state index contributed by atoms with van der Waals surface area (Å²) in [5.41, 5.74) is 5.98. The van der Waals surface area contributed by atoms with Crippen molar-refractivity contribution in [2.45, 2.75) is 39.7 Å². The van der Waals surface area contributed by atoms with Crippen LogP contribution in [0.5, 0.6) is 0 Å². The molecule has 4 rings (SSSR count). The lowest BCUT2D eigenvalue weighted by Gasteiger charge is -2.18. The molecule has 32 heavy (non-hydrogen) atoms. The fourth-order valence-electron chi connectivity index (χ4n) is 3.87. The number of nitrogens with one attached hydrogen (secondary N) is 1. The van der Waals surface area contributed by atoms with E-state index in [1.807, 2.05) is 29.7 Å². The van der Waals surface area contributed by atoms with Gasteiger partial charge in [0.1, 0.15) is 17.7 Å².